The lowest BCUT2D eigenvalue weighted by Gasteiger charge is -2.41. The van der Waals surface area contributed by atoms with Gasteiger partial charge in [0.1, 0.15) is 23.0 Å². The number of hydrogen-bond acceptors (Lipinski definition) is 2. The second-order valence-electron chi connectivity index (χ2n) is 14.4. The zero-order valence-corrected chi connectivity index (χ0v) is 33.1. The van der Waals surface area contributed by atoms with Gasteiger partial charge in [0.05, 0.1) is 5.41 Å². The third-order valence-electron chi connectivity index (χ3n) is 11.5. The van der Waals surface area contributed by atoms with E-state index in [2.05, 4.69) is 215 Å². The number of hydrogen-bond donors (Lipinski definition) is 0. The van der Waals surface area contributed by atoms with E-state index >= 15 is 0 Å². The van der Waals surface area contributed by atoms with E-state index in [1.807, 2.05) is 12.1 Å². The number of benzene rings is 8. The van der Waals surface area contributed by atoms with Gasteiger partial charge in [0, 0.05) is 42.2 Å². The van der Waals surface area contributed by atoms with Crippen molar-refractivity contribution in [2.75, 3.05) is 0 Å². The first-order chi connectivity index (χ1) is 26.9. The molecule has 8 aromatic carbocycles. The zero-order chi connectivity index (χ0) is 37.1. The Morgan fingerprint density at radius 3 is 1.69 bits per heavy atom. The summed E-state index contributed by atoms with van der Waals surface area (Å²) in [7, 11) is 0. The van der Waals surface area contributed by atoms with Crippen LogP contribution in [0.2, 0.25) is 0 Å². The largest absolute Gasteiger partial charge is 0.457 e. The van der Waals surface area contributed by atoms with Crippen LogP contribution in [0, 0.1) is 0 Å². The van der Waals surface area contributed by atoms with Crippen LogP contribution < -0.4 is 9.47 Å². The molecule has 2 aliphatic rings. The highest BCUT2D eigenvalue weighted by Crippen LogP contribution is 2.57. The summed E-state index contributed by atoms with van der Waals surface area (Å²) >= 11 is 7.51. The lowest BCUT2D eigenvalue weighted by molar-refractivity contribution is 0.428. The van der Waals surface area contributed by atoms with Gasteiger partial charge in [-0.25, -0.2) is 0 Å². The molecule has 0 aromatic heterocycles. The van der Waals surface area contributed by atoms with Gasteiger partial charge in [-0.3, -0.25) is 0 Å². The molecule has 0 spiro atoms. The summed E-state index contributed by atoms with van der Waals surface area (Å²) in [5, 5.41) is 0. The Bertz CT molecular complexity index is 2740. The van der Waals surface area contributed by atoms with Gasteiger partial charge in [-0.05, 0) is 88.8 Å². The van der Waals surface area contributed by atoms with Crippen LogP contribution >= 0.6 is 31.9 Å². The van der Waals surface area contributed by atoms with Crippen molar-refractivity contribution in [3.05, 3.63) is 236 Å². The fraction of sp³-hybridized carbons (Fsp3) is 0.0588. The third kappa shape index (κ3) is 5.34. The van der Waals surface area contributed by atoms with Crippen LogP contribution in [-0.4, -0.2) is 0 Å². The molecule has 0 N–H and O–H groups in total. The lowest BCUT2D eigenvalue weighted by atomic mass is 9.63. The highest BCUT2D eigenvalue weighted by molar-refractivity contribution is 9.10. The molecule has 8 aromatic rings. The Morgan fingerprint density at radius 2 is 0.945 bits per heavy atom. The Hall–Kier alpha value is -5.68. The van der Waals surface area contributed by atoms with Crippen molar-refractivity contribution in [3.8, 4) is 45.3 Å². The summed E-state index contributed by atoms with van der Waals surface area (Å²) in [6, 6.07) is 67.1. The number of para-hydroxylation sites is 2. The fourth-order valence-corrected chi connectivity index (χ4v) is 9.58. The van der Waals surface area contributed by atoms with E-state index in [1.54, 1.807) is 0 Å². The van der Waals surface area contributed by atoms with E-state index in [-0.39, 0.29) is 0 Å². The molecule has 264 valence electrons. The van der Waals surface area contributed by atoms with Gasteiger partial charge in [0.15, 0.2) is 0 Å². The van der Waals surface area contributed by atoms with E-state index in [0.29, 0.717) is 0 Å². The molecule has 2 nitrogen and oxygen atoms in total. The van der Waals surface area contributed by atoms with Crippen molar-refractivity contribution < 1.29 is 9.47 Å². The SMILES string of the molecule is CC1(c2ccccc2)c2cc(Br)ccc2Oc2c(-c3cccc(-c4ccc(C5(c6ccccc6)c6ccccc6Oc6ccc(Br)cc65)cc4)c3)cccc21. The van der Waals surface area contributed by atoms with Gasteiger partial charge in [0.2, 0.25) is 0 Å². The monoisotopic (exact) mass is 836 g/mol. The number of halogens is 2. The van der Waals surface area contributed by atoms with Crippen molar-refractivity contribution >= 4 is 31.9 Å². The normalized spacial score (nSPS) is 17.8. The van der Waals surface area contributed by atoms with E-state index in [1.165, 1.54) is 16.7 Å². The van der Waals surface area contributed by atoms with Gasteiger partial charge in [-0.2, -0.15) is 0 Å². The number of ether oxygens (including phenoxy) is 2. The molecule has 0 aliphatic carbocycles. The van der Waals surface area contributed by atoms with Crippen LogP contribution in [0.1, 0.15) is 45.9 Å². The molecule has 0 saturated heterocycles. The summed E-state index contributed by atoms with van der Waals surface area (Å²) in [5.74, 6) is 3.49. The fourth-order valence-electron chi connectivity index (χ4n) is 8.86. The second-order valence-corrected chi connectivity index (χ2v) is 16.3. The predicted octanol–water partition coefficient (Wildman–Crippen LogP) is 14.5. The minimum Gasteiger partial charge on any atom is -0.457 e. The van der Waals surface area contributed by atoms with E-state index < -0.39 is 10.8 Å². The summed E-state index contributed by atoms with van der Waals surface area (Å²) < 4.78 is 15.4. The van der Waals surface area contributed by atoms with Crippen molar-refractivity contribution in [3.63, 3.8) is 0 Å². The molecule has 0 saturated carbocycles. The molecule has 2 heterocycles. The minimum absolute atomic E-state index is 0.414. The molecular formula is C51H34Br2O2. The molecular weight excluding hydrogens is 804 g/mol. The van der Waals surface area contributed by atoms with Gasteiger partial charge in [-0.1, -0.05) is 171 Å². The molecule has 0 fully saturated rings. The summed E-state index contributed by atoms with van der Waals surface area (Å²) in [6.45, 7) is 2.31. The van der Waals surface area contributed by atoms with Gasteiger partial charge < -0.3 is 9.47 Å². The standard InChI is InChI=1S/C51H34Br2O2/c1-50(36-14-4-2-5-15-36)43-20-11-18-41(49(43)55-47-28-26-39(52)31-44(47)50)35-13-10-12-34(30-35)33-22-24-38(25-23-33)51(37-16-6-3-7-17-37)42-19-8-9-21-46(42)54-48-29-27-40(53)32-45(48)51/h2-32H,1H3. The highest BCUT2D eigenvalue weighted by atomic mass is 79.9. The molecule has 2 aliphatic heterocycles. The highest BCUT2D eigenvalue weighted by Gasteiger charge is 2.45. The molecule has 0 radical (unpaired) electrons. The first-order valence-electron chi connectivity index (χ1n) is 18.5. The maximum atomic E-state index is 6.85. The Kier molecular flexibility index (Phi) is 8.16. The van der Waals surface area contributed by atoms with Gasteiger partial charge >= 0.3 is 0 Å². The average Bonchev–Trinajstić information content (AvgIpc) is 3.24. The Balaban J connectivity index is 1.10. The van der Waals surface area contributed by atoms with Crippen LogP contribution in [0.3, 0.4) is 0 Å². The second kappa shape index (κ2) is 13.3. The Morgan fingerprint density at radius 1 is 0.382 bits per heavy atom. The van der Waals surface area contributed by atoms with Crippen molar-refractivity contribution in [2.45, 2.75) is 17.8 Å². The average molecular weight is 839 g/mol. The molecule has 10 rings (SSSR count). The van der Waals surface area contributed by atoms with Crippen LogP contribution in [0.5, 0.6) is 23.0 Å². The number of fused-ring (bicyclic) bond motifs is 4. The first-order valence-corrected chi connectivity index (χ1v) is 20.0. The van der Waals surface area contributed by atoms with Crippen molar-refractivity contribution in [1.82, 2.24) is 0 Å². The summed E-state index contributed by atoms with van der Waals surface area (Å²) in [4.78, 5) is 0. The molecule has 0 bridgehead atoms. The van der Waals surface area contributed by atoms with E-state index in [0.717, 1.165) is 76.5 Å². The number of rotatable bonds is 5. The van der Waals surface area contributed by atoms with Crippen LogP contribution in [0.15, 0.2) is 197 Å². The van der Waals surface area contributed by atoms with Crippen molar-refractivity contribution in [1.29, 1.82) is 0 Å². The maximum Gasteiger partial charge on any atom is 0.139 e. The van der Waals surface area contributed by atoms with E-state index in [9.17, 15) is 0 Å². The first kappa shape index (κ1) is 33.9. The molecule has 2 unspecified atom stereocenters. The quantitative estimate of drug-likeness (QED) is 0.172. The van der Waals surface area contributed by atoms with Crippen LogP contribution in [-0.2, 0) is 10.8 Å². The maximum absolute atomic E-state index is 6.85. The summed E-state index contributed by atoms with van der Waals surface area (Å²) in [5.41, 5.74) is 11.5. The third-order valence-corrected chi connectivity index (χ3v) is 12.5. The topological polar surface area (TPSA) is 18.5 Å². The minimum atomic E-state index is -0.590. The predicted molar refractivity (Wildman–Crippen MR) is 230 cm³/mol. The molecule has 4 heteroatoms. The lowest BCUT2D eigenvalue weighted by Crippen LogP contribution is -2.34. The van der Waals surface area contributed by atoms with Gasteiger partial charge in [0.25, 0.3) is 0 Å². The molecule has 55 heavy (non-hydrogen) atoms. The van der Waals surface area contributed by atoms with Crippen LogP contribution in [0.4, 0.5) is 0 Å². The molecule has 0 amide bonds. The molecule has 2 atom stereocenters. The Labute approximate surface area is 338 Å². The van der Waals surface area contributed by atoms with Crippen LogP contribution in [0.25, 0.3) is 22.3 Å². The van der Waals surface area contributed by atoms with Crippen molar-refractivity contribution in [2.24, 2.45) is 0 Å². The van der Waals surface area contributed by atoms with Gasteiger partial charge in [-0.15, -0.1) is 0 Å². The zero-order valence-electron chi connectivity index (χ0n) is 30.0. The van der Waals surface area contributed by atoms with E-state index in [4.69, 9.17) is 9.47 Å². The smallest absolute Gasteiger partial charge is 0.139 e. The summed E-state index contributed by atoms with van der Waals surface area (Å²) in [6.07, 6.45) is 0.